The van der Waals surface area contributed by atoms with E-state index in [0.29, 0.717) is 11.8 Å². The third-order valence-electron chi connectivity index (χ3n) is 6.69. The third-order valence-corrected chi connectivity index (χ3v) is 6.69. The number of hydrogen-bond donors (Lipinski definition) is 1. The highest BCUT2D eigenvalue weighted by atomic mass is 16.2. The molecule has 5 rings (SSSR count). The van der Waals surface area contributed by atoms with Crippen molar-refractivity contribution in [1.29, 1.82) is 0 Å². The number of imidazole rings is 1. The summed E-state index contributed by atoms with van der Waals surface area (Å²) < 4.78 is 4.12. The van der Waals surface area contributed by atoms with Gasteiger partial charge in [0, 0.05) is 56.0 Å². The molecule has 2 atom stereocenters. The largest absolute Gasteiger partial charge is 0.330 e. The smallest absolute Gasteiger partial charge is 0.250 e. The van der Waals surface area contributed by atoms with Gasteiger partial charge in [-0.3, -0.25) is 14.5 Å². The molecule has 1 amide bonds. The molecule has 0 unspecified atom stereocenters. The molecule has 0 radical (unpaired) electrons. The molecule has 2 aliphatic rings. The predicted octanol–water partition coefficient (Wildman–Crippen LogP) is 2.95. The molecule has 2 aromatic heterocycles. The summed E-state index contributed by atoms with van der Waals surface area (Å²) in [6, 6.07) is 11.6. The van der Waals surface area contributed by atoms with Crippen LogP contribution in [0.2, 0.25) is 0 Å². The summed E-state index contributed by atoms with van der Waals surface area (Å²) in [4.78, 5) is 31.6. The van der Waals surface area contributed by atoms with Gasteiger partial charge in [-0.05, 0) is 36.6 Å². The molecule has 1 N–H and O–H groups in total. The first-order valence-electron chi connectivity index (χ1n) is 11.1. The zero-order chi connectivity index (χ0) is 21.7. The molecule has 31 heavy (non-hydrogen) atoms. The van der Waals surface area contributed by atoms with Crippen molar-refractivity contribution < 1.29 is 4.79 Å². The topological polar surface area (TPSA) is 72.2 Å². The molecular formula is C24H29N5O2. The van der Waals surface area contributed by atoms with Crippen molar-refractivity contribution in [1.82, 2.24) is 19.0 Å². The Balaban J connectivity index is 1.37. The number of pyridine rings is 1. The van der Waals surface area contributed by atoms with Gasteiger partial charge >= 0.3 is 0 Å². The first kappa shape index (κ1) is 20.0. The summed E-state index contributed by atoms with van der Waals surface area (Å²) in [5.41, 5.74) is 4.03. The molecule has 7 heteroatoms. The lowest BCUT2D eigenvalue weighted by Crippen LogP contribution is -2.46. The molecule has 0 saturated carbocycles. The molecule has 4 heterocycles. The second-order valence-electron chi connectivity index (χ2n) is 9.33. The molecule has 1 aromatic carbocycles. The summed E-state index contributed by atoms with van der Waals surface area (Å²) in [5.74, 6) is 1.87. The van der Waals surface area contributed by atoms with E-state index in [-0.39, 0.29) is 17.4 Å². The number of carbonyl (C=O) groups is 1. The number of anilines is 1. The number of fused-ring (bicyclic) bond motifs is 5. The number of nitrogens with zero attached hydrogens (tertiary/aromatic N) is 4. The number of carbonyl (C=O) groups excluding carboxylic acids is 1. The maximum Gasteiger partial charge on any atom is 0.250 e. The Morgan fingerprint density at radius 1 is 1.19 bits per heavy atom. The van der Waals surface area contributed by atoms with E-state index in [1.807, 2.05) is 42.7 Å². The number of aromatic nitrogens is 3. The van der Waals surface area contributed by atoms with Crippen LogP contribution in [0.3, 0.4) is 0 Å². The highest BCUT2D eigenvalue weighted by molar-refractivity contribution is 5.94. The Morgan fingerprint density at radius 2 is 2.03 bits per heavy atom. The third kappa shape index (κ3) is 3.67. The maximum atomic E-state index is 12.3. The van der Waals surface area contributed by atoms with Gasteiger partial charge in [-0.2, -0.15) is 0 Å². The molecule has 7 nitrogen and oxygen atoms in total. The van der Waals surface area contributed by atoms with Crippen LogP contribution < -0.4 is 10.9 Å². The van der Waals surface area contributed by atoms with Gasteiger partial charge in [-0.1, -0.05) is 19.9 Å². The van der Waals surface area contributed by atoms with Crippen molar-refractivity contribution in [3.8, 4) is 0 Å². The van der Waals surface area contributed by atoms with E-state index in [2.05, 4.69) is 27.9 Å². The fourth-order valence-corrected chi connectivity index (χ4v) is 5.08. The summed E-state index contributed by atoms with van der Waals surface area (Å²) in [7, 11) is 2.05. The van der Waals surface area contributed by atoms with Crippen molar-refractivity contribution in [2.45, 2.75) is 39.3 Å². The summed E-state index contributed by atoms with van der Waals surface area (Å²) in [6.45, 7) is 7.28. The highest BCUT2D eigenvalue weighted by Crippen LogP contribution is 2.35. The number of rotatable bonds is 4. The lowest BCUT2D eigenvalue weighted by molar-refractivity contribution is -0.118. The fourth-order valence-electron chi connectivity index (χ4n) is 5.08. The first-order valence-corrected chi connectivity index (χ1v) is 11.1. The number of aryl methyl sites for hydroxylation is 1. The van der Waals surface area contributed by atoms with Gasteiger partial charge in [-0.25, -0.2) is 4.98 Å². The molecule has 162 valence electrons. The minimum Gasteiger partial charge on any atom is -0.330 e. The normalized spacial score (nSPS) is 20.8. The first-order chi connectivity index (χ1) is 14.9. The van der Waals surface area contributed by atoms with Crippen LogP contribution in [-0.2, 0) is 24.9 Å². The molecule has 0 spiro atoms. The van der Waals surface area contributed by atoms with E-state index in [1.165, 1.54) is 5.69 Å². The van der Waals surface area contributed by atoms with E-state index in [9.17, 15) is 9.59 Å². The molecule has 1 fully saturated rings. The van der Waals surface area contributed by atoms with Gasteiger partial charge in [-0.15, -0.1) is 0 Å². The Labute approximate surface area is 181 Å². The van der Waals surface area contributed by atoms with Gasteiger partial charge in [0.05, 0.1) is 17.6 Å². The lowest BCUT2D eigenvalue weighted by atomic mass is 9.83. The fraction of sp³-hybridized carbons (Fsp3) is 0.458. The predicted molar refractivity (Wildman–Crippen MR) is 121 cm³/mol. The van der Waals surface area contributed by atoms with E-state index in [0.717, 1.165) is 55.1 Å². The van der Waals surface area contributed by atoms with Crippen LogP contribution in [0, 0.1) is 11.8 Å². The molecule has 2 bridgehead atoms. The van der Waals surface area contributed by atoms with Crippen LogP contribution in [0.4, 0.5) is 5.69 Å². The van der Waals surface area contributed by atoms with Crippen LogP contribution in [0.1, 0.15) is 37.7 Å². The summed E-state index contributed by atoms with van der Waals surface area (Å²) >= 11 is 0. The van der Waals surface area contributed by atoms with E-state index >= 15 is 0 Å². The minimum absolute atomic E-state index is 0.00903. The van der Waals surface area contributed by atoms with E-state index < -0.39 is 0 Å². The number of nitrogens with one attached hydrogen (secondary N) is 1. The SMILES string of the molecule is CC(C)C(=O)Nc1ccc2c(c1)nc(CN1C[C@@H]3C[C@@H](C1)c1cccc(=O)n1C3)n2C. The lowest BCUT2D eigenvalue weighted by Gasteiger charge is -2.42. The second kappa shape index (κ2) is 7.64. The highest BCUT2D eigenvalue weighted by Gasteiger charge is 2.34. The zero-order valence-corrected chi connectivity index (χ0v) is 18.3. The molecule has 3 aromatic rings. The molecular weight excluding hydrogens is 390 g/mol. The van der Waals surface area contributed by atoms with Gasteiger partial charge < -0.3 is 14.5 Å². The molecule has 1 saturated heterocycles. The Morgan fingerprint density at radius 3 is 2.84 bits per heavy atom. The van der Waals surface area contributed by atoms with Crippen LogP contribution in [-0.4, -0.2) is 38.0 Å². The summed E-state index contributed by atoms with van der Waals surface area (Å²) in [6.07, 6.45) is 1.15. The summed E-state index contributed by atoms with van der Waals surface area (Å²) in [5, 5.41) is 2.96. The van der Waals surface area contributed by atoms with Crippen molar-refractivity contribution in [2.24, 2.45) is 18.9 Å². The van der Waals surface area contributed by atoms with Gasteiger partial charge in [0.15, 0.2) is 0 Å². The quantitative estimate of drug-likeness (QED) is 0.706. The average Bonchev–Trinajstić information content (AvgIpc) is 3.03. The van der Waals surface area contributed by atoms with Crippen molar-refractivity contribution in [2.75, 3.05) is 18.4 Å². The van der Waals surface area contributed by atoms with Gasteiger partial charge in [0.25, 0.3) is 5.56 Å². The van der Waals surface area contributed by atoms with Crippen molar-refractivity contribution in [3.63, 3.8) is 0 Å². The van der Waals surface area contributed by atoms with Crippen LogP contribution in [0.25, 0.3) is 11.0 Å². The second-order valence-corrected chi connectivity index (χ2v) is 9.33. The average molecular weight is 420 g/mol. The Bertz CT molecular complexity index is 1210. The van der Waals surface area contributed by atoms with Crippen molar-refractivity contribution in [3.05, 3.63) is 58.3 Å². The van der Waals surface area contributed by atoms with Gasteiger partial charge in [0.1, 0.15) is 5.82 Å². The van der Waals surface area contributed by atoms with E-state index in [4.69, 9.17) is 4.98 Å². The number of piperidine rings is 1. The van der Waals surface area contributed by atoms with E-state index in [1.54, 1.807) is 6.07 Å². The van der Waals surface area contributed by atoms with Crippen LogP contribution in [0.15, 0.2) is 41.2 Å². The number of likely N-dealkylation sites (tertiary alicyclic amines) is 1. The Hall–Kier alpha value is -2.93. The number of benzene rings is 1. The van der Waals surface area contributed by atoms with Crippen molar-refractivity contribution >= 4 is 22.6 Å². The standard InChI is InChI=1S/C24H29N5O2/c1-15(2)24(31)25-18-7-8-21-19(10-18)26-22(27(21)3)14-28-11-16-9-17(13-28)20-5-4-6-23(30)29(20)12-16/h4-8,10,15-17H,9,11-14H2,1-3H3,(H,25,31)/t16-,17-/m0/s1. The molecule has 0 aliphatic carbocycles. The minimum atomic E-state index is -0.0606. The van der Waals surface area contributed by atoms with Gasteiger partial charge in [0.2, 0.25) is 5.91 Å². The maximum absolute atomic E-state index is 12.3. The van der Waals surface area contributed by atoms with Crippen LogP contribution in [0.5, 0.6) is 0 Å². The monoisotopic (exact) mass is 419 g/mol. The number of hydrogen-bond acceptors (Lipinski definition) is 4. The Kier molecular flexibility index (Phi) is 4.93. The number of amides is 1. The zero-order valence-electron chi connectivity index (χ0n) is 18.3. The molecule has 2 aliphatic heterocycles. The van der Waals surface area contributed by atoms with Crippen LogP contribution >= 0.6 is 0 Å².